The van der Waals surface area contributed by atoms with Gasteiger partial charge in [-0.25, -0.2) is 18.2 Å². The number of nitrogens with one attached hydrogen (secondary N) is 1. The van der Waals surface area contributed by atoms with Gasteiger partial charge in [-0.15, -0.1) is 0 Å². The van der Waals surface area contributed by atoms with Crippen LogP contribution in [-0.2, 0) is 0 Å². The van der Waals surface area contributed by atoms with E-state index in [1.54, 1.807) is 6.92 Å². The number of rotatable bonds is 8. The summed E-state index contributed by atoms with van der Waals surface area (Å²) in [6.07, 6.45) is -2.74. The minimum atomic E-state index is -4.12. The fraction of sp³-hybridized carbons (Fsp3) is 0.400. The molecule has 182 valence electrons. The molecule has 2 aromatic rings. The maximum Gasteiger partial charge on any atom is 0.389 e. The molecule has 0 bridgehead atoms. The molecule has 0 radical (unpaired) electrons. The Morgan fingerprint density at radius 2 is 1.68 bits per heavy atom. The van der Waals surface area contributed by atoms with Crippen LogP contribution in [0, 0.1) is 42.1 Å². The number of aryl methyl sites for hydroxylation is 1. The van der Waals surface area contributed by atoms with Crippen LogP contribution in [-0.4, -0.2) is 24.2 Å². The average Bonchev–Trinajstić information content (AvgIpc) is 3.18. The molecule has 1 aliphatic heterocycles. The van der Waals surface area contributed by atoms with E-state index in [1.807, 2.05) is 4.90 Å². The Labute approximate surface area is 194 Å². The maximum absolute atomic E-state index is 14.8. The van der Waals surface area contributed by atoms with Crippen molar-refractivity contribution in [3.05, 3.63) is 71.7 Å². The normalized spacial score (nSPS) is 21.4. The Morgan fingerprint density at radius 3 is 2.29 bits per heavy atom. The Kier molecular flexibility index (Phi) is 6.40. The standard InChI is InChI=1S/C25H25F6N3/c1-13-7-21(26)22(27)9-18(13)15(3)33-14(2)16-8-23(28)24(32-10-16)34-11-19-17(20(19)12-34)5-4-6-25(29,30)31/h7-10,17,19-20,33H,2-6,11-12H2,1H3. The van der Waals surface area contributed by atoms with Gasteiger partial charge in [0, 0.05) is 48.2 Å². The highest BCUT2D eigenvalue weighted by molar-refractivity contribution is 5.76. The van der Waals surface area contributed by atoms with Crippen LogP contribution < -0.4 is 10.2 Å². The lowest BCUT2D eigenvalue weighted by atomic mass is 10.1. The van der Waals surface area contributed by atoms with E-state index in [2.05, 4.69) is 23.5 Å². The number of benzene rings is 1. The number of aromatic nitrogens is 1. The molecule has 2 heterocycles. The number of fused-ring (bicyclic) bond motifs is 1. The predicted molar refractivity (Wildman–Crippen MR) is 119 cm³/mol. The Bertz CT molecular complexity index is 1110. The third-order valence-electron chi connectivity index (χ3n) is 6.73. The first-order valence-electron chi connectivity index (χ1n) is 11.0. The predicted octanol–water partition coefficient (Wildman–Crippen LogP) is 6.45. The van der Waals surface area contributed by atoms with E-state index in [0.29, 0.717) is 41.9 Å². The van der Waals surface area contributed by atoms with Crippen molar-refractivity contribution in [3.8, 4) is 0 Å². The summed E-state index contributed by atoms with van der Waals surface area (Å²) in [7, 11) is 0. The van der Waals surface area contributed by atoms with Crippen LogP contribution in [0.2, 0.25) is 0 Å². The van der Waals surface area contributed by atoms with Crippen LogP contribution in [0.15, 0.2) is 37.6 Å². The Hall–Kier alpha value is -2.97. The van der Waals surface area contributed by atoms with Gasteiger partial charge in [0.15, 0.2) is 23.3 Å². The molecule has 4 rings (SSSR count). The third kappa shape index (κ3) is 5.08. The molecule has 1 saturated heterocycles. The van der Waals surface area contributed by atoms with Crippen LogP contribution in [0.5, 0.6) is 0 Å². The van der Waals surface area contributed by atoms with Crippen LogP contribution >= 0.6 is 0 Å². The van der Waals surface area contributed by atoms with Crippen molar-refractivity contribution in [3.63, 3.8) is 0 Å². The van der Waals surface area contributed by atoms with Gasteiger partial charge in [0.05, 0.1) is 0 Å². The zero-order valence-corrected chi connectivity index (χ0v) is 18.7. The highest BCUT2D eigenvalue weighted by Gasteiger charge is 2.55. The highest BCUT2D eigenvalue weighted by Crippen LogP contribution is 2.55. The van der Waals surface area contributed by atoms with E-state index in [4.69, 9.17) is 0 Å². The summed E-state index contributed by atoms with van der Waals surface area (Å²) in [6.45, 7) is 10.5. The molecule has 2 unspecified atom stereocenters. The van der Waals surface area contributed by atoms with E-state index in [-0.39, 0.29) is 35.7 Å². The molecule has 0 amide bonds. The summed E-state index contributed by atoms with van der Waals surface area (Å²) < 4.78 is 78.8. The molecule has 1 aromatic carbocycles. The topological polar surface area (TPSA) is 28.2 Å². The second kappa shape index (κ2) is 9.00. The molecule has 1 aromatic heterocycles. The number of hydrogen-bond donors (Lipinski definition) is 1. The molecular weight excluding hydrogens is 456 g/mol. The fourth-order valence-corrected chi connectivity index (χ4v) is 4.91. The summed E-state index contributed by atoms with van der Waals surface area (Å²) in [5.74, 6) is -1.45. The molecule has 1 N–H and O–H groups in total. The quantitative estimate of drug-likeness (QED) is 0.439. The monoisotopic (exact) mass is 481 g/mol. The smallest absolute Gasteiger partial charge is 0.355 e. The molecule has 1 aliphatic carbocycles. The van der Waals surface area contributed by atoms with Crippen LogP contribution in [0.4, 0.5) is 32.2 Å². The van der Waals surface area contributed by atoms with Gasteiger partial charge >= 0.3 is 6.18 Å². The first-order valence-corrected chi connectivity index (χ1v) is 11.0. The van der Waals surface area contributed by atoms with Crippen molar-refractivity contribution in [2.45, 2.75) is 32.4 Å². The van der Waals surface area contributed by atoms with E-state index in [0.717, 1.165) is 12.1 Å². The number of halogens is 6. The number of anilines is 1. The van der Waals surface area contributed by atoms with Gasteiger partial charge < -0.3 is 10.2 Å². The lowest BCUT2D eigenvalue weighted by molar-refractivity contribution is -0.135. The lowest BCUT2D eigenvalue weighted by Gasteiger charge is -2.22. The SMILES string of the molecule is C=C(NC(=C)c1cc(F)c(F)cc1C)c1cnc(N2CC3C(CCCC(F)(F)F)C3C2)c(F)c1. The van der Waals surface area contributed by atoms with Gasteiger partial charge in [-0.2, -0.15) is 13.2 Å². The number of alkyl halides is 3. The first kappa shape index (κ1) is 24.2. The summed E-state index contributed by atoms with van der Waals surface area (Å²) in [5.41, 5.74) is 1.79. The number of hydrogen-bond acceptors (Lipinski definition) is 3. The Morgan fingerprint density at radius 1 is 1.03 bits per heavy atom. The zero-order chi connectivity index (χ0) is 24.8. The van der Waals surface area contributed by atoms with Crippen molar-refractivity contribution < 1.29 is 26.3 Å². The second-order valence-corrected chi connectivity index (χ2v) is 9.10. The van der Waals surface area contributed by atoms with Crippen molar-refractivity contribution in [1.29, 1.82) is 0 Å². The number of pyridine rings is 1. The molecule has 3 nitrogen and oxygen atoms in total. The van der Waals surface area contributed by atoms with Gasteiger partial charge in [-0.3, -0.25) is 0 Å². The van der Waals surface area contributed by atoms with E-state index in [1.165, 1.54) is 12.3 Å². The van der Waals surface area contributed by atoms with E-state index in [9.17, 15) is 26.3 Å². The Balaban J connectivity index is 1.34. The molecule has 1 saturated carbocycles. The van der Waals surface area contributed by atoms with Crippen LogP contribution in [0.3, 0.4) is 0 Å². The fourth-order valence-electron chi connectivity index (χ4n) is 4.91. The van der Waals surface area contributed by atoms with E-state index >= 15 is 0 Å². The maximum atomic E-state index is 14.8. The minimum absolute atomic E-state index is 0.132. The van der Waals surface area contributed by atoms with Crippen molar-refractivity contribution in [2.24, 2.45) is 17.8 Å². The minimum Gasteiger partial charge on any atom is -0.355 e. The molecule has 2 aliphatic rings. The van der Waals surface area contributed by atoms with Crippen molar-refractivity contribution in [1.82, 2.24) is 10.3 Å². The molecular formula is C25H25F6N3. The van der Waals surface area contributed by atoms with E-state index < -0.39 is 30.0 Å². The lowest BCUT2D eigenvalue weighted by Crippen LogP contribution is -2.26. The second-order valence-electron chi connectivity index (χ2n) is 9.10. The molecule has 0 spiro atoms. The summed E-state index contributed by atoms with van der Waals surface area (Å²) >= 11 is 0. The van der Waals surface area contributed by atoms with Crippen LogP contribution in [0.25, 0.3) is 11.4 Å². The van der Waals surface area contributed by atoms with Gasteiger partial charge in [-0.1, -0.05) is 13.2 Å². The van der Waals surface area contributed by atoms with Gasteiger partial charge in [0.25, 0.3) is 0 Å². The molecule has 9 heteroatoms. The highest BCUT2D eigenvalue weighted by atomic mass is 19.4. The summed E-state index contributed by atoms with van der Waals surface area (Å²) in [5, 5.41) is 2.89. The van der Waals surface area contributed by atoms with Crippen molar-refractivity contribution >= 4 is 17.2 Å². The van der Waals surface area contributed by atoms with Crippen LogP contribution in [0.1, 0.15) is 36.0 Å². The molecule has 2 fully saturated rings. The van der Waals surface area contributed by atoms with Gasteiger partial charge in [0.2, 0.25) is 0 Å². The first-order chi connectivity index (χ1) is 15.9. The average molecular weight is 481 g/mol. The van der Waals surface area contributed by atoms with Gasteiger partial charge in [0.1, 0.15) is 0 Å². The zero-order valence-electron chi connectivity index (χ0n) is 18.7. The largest absolute Gasteiger partial charge is 0.389 e. The molecule has 34 heavy (non-hydrogen) atoms. The third-order valence-corrected chi connectivity index (χ3v) is 6.73. The number of piperidine rings is 1. The summed E-state index contributed by atoms with van der Waals surface area (Å²) in [4.78, 5) is 6.07. The summed E-state index contributed by atoms with van der Waals surface area (Å²) in [6, 6.07) is 3.38. The number of nitrogens with zero attached hydrogens (tertiary/aromatic N) is 2. The van der Waals surface area contributed by atoms with Crippen molar-refractivity contribution in [2.75, 3.05) is 18.0 Å². The molecule has 2 atom stereocenters. The van der Waals surface area contributed by atoms with Gasteiger partial charge in [-0.05, 0) is 61.3 Å².